The second-order valence-electron chi connectivity index (χ2n) is 6.71. The number of nitrogens with one attached hydrogen (secondary N) is 1. The summed E-state index contributed by atoms with van der Waals surface area (Å²) in [6, 6.07) is 22.8. The molecule has 154 valence electrons. The minimum atomic E-state index is -0.974. The van der Waals surface area contributed by atoms with Crippen molar-refractivity contribution in [1.82, 2.24) is 5.43 Å². The number of ether oxygens (including phenoxy) is 1. The van der Waals surface area contributed by atoms with E-state index in [1.54, 1.807) is 54.6 Å². The molecule has 0 unspecified atom stereocenters. The SMILES string of the molecule is O=C(O)c1cccc(COc2ccc(/C=N/NC(=O)c3cc4ccccc4o3)cc2)c1. The molecule has 0 saturated carbocycles. The van der Waals surface area contributed by atoms with Crippen molar-refractivity contribution >= 4 is 29.1 Å². The molecule has 1 heterocycles. The Kier molecular flexibility index (Phi) is 5.75. The van der Waals surface area contributed by atoms with Crippen LogP contribution >= 0.6 is 0 Å². The maximum Gasteiger partial charge on any atom is 0.335 e. The summed E-state index contributed by atoms with van der Waals surface area (Å²) in [7, 11) is 0. The summed E-state index contributed by atoms with van der Waals surface area (Å²) in [5.74, 6) is -0.591. The first kappa shape index (κ1) is 19.9. The fourth-order valence-electron chi connectivity index (χ4n) is 2.93. The Bertz CT molecular complexity index is 1230. The summed E-state index contributed by atoms with van der Waals surface area (Å²) in [6.45, 7) is 0.252. The number of hydrogen-bond acceptors (Lipinski definition) is 5. The minimum absolute atomic E-state index is 0.189. The van der Waals surface area contributed by atoms with Gasteiger partial charge in [0.2, 0.25) is 0 Å². The van der Waals surface area contributed by atoms with Gasteiger partial charge in [0.15, 0.2) is 5.76 Å². The Labute approximate surface area is 177 Å². The molecule has 0 spiro atoms. The fourth-order valence-corrected chi connectivity index (χ4v) is 2.93. The summed E-state index contributed by atoms with van der Waals surface area (Å²) in [4.78, 5) is 23.2. The van der Waals surface area contributed by atoms with Gasteiger partial charge in [0.05, 0.1) is 11.8 Å². The summed E-state index contributed by atoms with van der Waals surface area (Å²) in [5.41, 5.74) is 4.83. The van der Waals surface area contributed by atoms with Crippen LogP contribution < -0.4 is 10.2 Å². The van der Waals surface area contributed by atoms with E-state index in [9.17, 15) is 9.59 Å². The topological polar surface area (TPSA) is 101 Å². The largest absolute Gasteiger partial charge is 0.489 e. The van der Waals surface area contributed by atoms with Crippen LogP contribution in [0.3, 0.4) is 0 Å². The highest BCUT2D eigenvalue weighted by atomic mass is 16.5. The molecule has 0 aliphatic heterocycles. The lowest BCUT2D eigenvalue weighted by Crippen LogP contribution is -2.16. The zero-order valence-electron chi connectivity index (χ0n) is 16.3. The minimum Gasteiger partial charge on any atom is -0.489 e. The molecule has 2 N–H and O–H groups in total. The third-order valence-electron chi connectivity index (χ3n) is 4.49. The van der Waals surface area contributed by atoms with Gasteiger partial charge in [-0.15, -0.1) is 0 Å². The zero-order chi connectivity index (χ0) is 21.6. The van der Waals surface area contributed by atoms with Crippen LogP contribution in [0.2, 0.25) is 0 Å². The Morgan fingerprint density at radius 3 is 2.58 bits per heavy atom. The number of hydrogen-bond donors (Lipinski definition) is 2. The van der Waals surface area contributed by atoms with Crippen LogP contribution in [0.5, 0.6) is 5.75 Å². The number of para-hydroxylation sites is 1. The van der Waals surface area contributed by atoms with Gasteiger partial charge in [-0.3, -0.25) is 4.79 Å². The van der Waals surface area contributed by atoms with Crippen molar-refractivity contribution in [3.05, 3.63) is 101 Å². The van der Waals surface area contributed by atoms with E-state index >= 15 is 0 Å². The van der Waals surface area contributed by atoms with Crippen molar-refractivity contribution in [2.75, 3.05) is 0 Å². The van der Waals surface area contributed by atoms with Gasteiger partial charge in [0.1, 0.15) is 17.9 Å². The number of furan rings is 1. The molecule has 7 heteroatoms. The number of amides is 1. The van der Waals surface area contributed by atoms with E-state index in [1.807, 2.05) is 18.2 Å². The number of fused-ring (bicyclic) bond motifs is 1. The van der Waals surface area contributed by atoms with Crippen LogP contribution in [0.25, 0.3) is 11.0 Å². The first-order valence-electron chi connectivity index (χ1n) is 9.45. The summed E-state index contributed by atoms with van der Waals surface area (Å²) in [5, 5.41) is 13.8. The van der Waals surface area contributed by atoms with Gasteiger partial charge >= 0.3 is 11.9 Å². The summed E-state index contributed by atoms with van der Waals surface area (Å²) >= 11 is 0. The van der Waals surface area contributed by atoms with Gasteiger partial charge in [-0.2, -0.15) is 5.10 Å². The van der Waals surface area contributed by atoms with E-state index in [2.05, 4.69) is 10.5 Å². The average Bonchev–Trinajstić information content (AvgIpc) is 3.23. The lowest BCUT2D eigenvalue weighted by atomic mass is 10.1. The second kappa shape index (κ2) is 8.96. The molecule has 1 aromatic heterocycles. The van der Waals surface area contributed by atoms with Crippen molar-refractivity contribution in [1.29, 1.82) is 0 Å². The standard InChI is InChI=1S/C24H18N2O5/c27-23(22-13-18-5-1-2-7-21(18)31-22)26-25-14-16-8-10-20(11-9-16)30-15-17-4-3-6-19(12-17)24(28)29/h1-14H,15H2,(H,26,27)(H,28,29)/b25-14+. The van der Waals surface area contributed by atoms with E-state index in [-0.39, 0.29) is 17.9 Å². The van der Waals surface area contributed by atoms with Gasteiger partial charge in [-0.05, 0) is 59.7 Å². The van der Waals surface area contributed by atoms with Gasteiger partial charge < -0.3 is 14.3 Å². The normalized spacial score (nSPS) is 11.0. The number of hydrazone groups is 1. The van der Waals surface area contributed by atoms with Crippen LogP contribution in [0.4, 0.5) is 0 Å². The molecular formula is C24H18N2O5. The predicted molar refractivity (Wildman–Crippen MR) is 115 cm³/mol. The maximum atomic E-state index is 12.2. The molecule has 0 bridgehead atoms. The molecule has 0 aliphatic carbocycles. The number of rotatable bonds is 7. The number of carboxylic acid groups (broad SMARTS) is 1. The highest BCUT2D eigenvalue weighted by Gasteiger charge is 2.10. The molecule has 4 rings (SSSR count). The number of carbonyl (C=O) groups is 2. The van der Waals surface area contributed by atoms with E-state index in [1.165, 1.54) is 12.3 Å². The molecule has 7 nitrogen and oxygen atoms in total. The number of carboxylic acids is 1. The maximum absolute atomic E-state index is 12.2. The first-order valence-corrected chi connectivity index (χ1v) is 9.45. The molecule has 0 fully saturated rings. The van der Waals surface area contributed by atoms with Crippen molar-refractivity contribution in [3.8, 4) is 5.75 Å². The van der Waals surface area contributed by atoms with Gasteiger partial charge in [-0.1, -0.05) is 30.3 Å². The fraction of sp³-hybridized carbons (Fsp3) is 0.0417. The van der Waals surface area contributed by atoms with Crippen LogP contribution in [0.1, 0.15) is 32.0 Å². The van der Waals surface area contributed by atoms with Gasteiger partial charge in [0, 0.05) is 5.39 Å². The van der Waals surface area contributed by atoms with Gasteiger partial charge in [-0.25, -0.2) is 10.2 Å². The summed E-state index contributed by atoms with van der Waals surface area (Å²) in [6.07, 6.45) is 1.51. The first-order chi connectivity index (χ1) is 15.1. The van der Waals surface area contributed by atoms with Crippen LogP contribution in [-0.2, 0) is 6.61 Å². The number of nitrogens with zero attached hydrogens (tertiary/aromatic N) is 1. The number of carbonyl (C=O) groups excluding carboxylic acids is 1. The second-order valence-corrected chi connectivity index (χ2v) is 6.71. The van der Waals surface area contributed by atoms with E-state index in [0.717, 1.165) is 16.5 Å². The van der Waals surface area contributed by atoms with E-state index < -0.39 is 11.9 Å². The Balaban J connectivity index is 1.31. The quantitative estimate of drug-likeness (QED) is 0.343. The Hall–Kier alpha value is -4.39. The predicted octanol–water partition coefficient (Wildman–Crippen LogP) is 4.47. The third-order valence-corrected chi connectivity index (χ3v) is 4.49. The molecule has 1 amide bonds. The highest BCUT2D eigenvalue weighted by Crippen LogP contribution is 2.18. The monoisotopic (exact) mass is 414 g/mol. The highest BCUT2D eigenvalue weighted by molar-refractivity contribution is 5.96. The Morgan fingerprint density at radius 1 is 1.00 bits per heavy atom. The smallest absolute Gasteiger partial charge is 0.335 e. The van der Waals surface area contributed by atoms with E-state index in [0.29, 0.717) is 11.3 Å². The number of benzene rings is 3. The van der Waals surface area contributed by atoms with Crippen molar-refractivity contribution in [2.24, 2.45) is 5.10 Å². The van der Waals surface area contributed by atoms with Gasteiger partial charge in [0.25, 0.3) is 0 Å². The zero-order valence-corrected chi connectivity index (χ0v) is 16.3. The lowest BCUT2D eigenvalue weighted by molar-refractivity contribution is 0.0696. The molecule has 31 heavy (non-hydrogen) atoms. The lowest BCUT2D eigenvalue weighted by Gasteiger charge is -2.07. The molecule has 0 atom stereocenters. The third kappa shape index (κ3) is 4.97. The Morgan fingerprint density at radius 2 is 1.81 bits per heavy atom. The summed E-state index contributed by atoms with van der Waals surface area (Å²) < 4.78 is 11.2. The average molecular weight is 414 g/mol. The number of aromatic carboxylic acids is 1. The van der Waals surface area contributed by atoms with Crippen molar-refractivity contribution < 1.29 is 23.8 Å². The molecule has 3 aromatic carbocycles. The molecule has 4 aromatic rings. The molecular weight excluding hydrogens is 396 g/mol. The molecule has 0 radical (unpaired) electrons. The van der Waals surface area contributed by atoms with Crippen LogP contribution in [0.15, 0.2) is 88.4 Å². The van der Waals surface area contributed by atoms with Crippen molar-refractivity contribution in [3.63, 3.8) is 0 Å². The van der Waals surface area contributed by atoms with Crippen LogP contribution in [-0.4, -0.2) is 23.2 Å². The van der Waals surface area contributed by atoms with Crippen molar-refractivity contribution in [2.45, 2.75) is 6.61 Å². The van der Waals surface area contributed by atoms with Crippen LogP contribution in [0, 0.1) is 0 Å². The van der Waals surface area contributed by atoms with E-state index in [4.69, 9.17) is 14.3 Å². The molecule has 0 saturated heterocycles. The molecule has 0 aliphatic rings.